The molecular formula is C29H23N3O6S. The Balaban J connectivity index is 1.30. The molecule has 0 aliphatic carbocycles. The summed E-state index contributed by atoms with van der Waals surface area (Å²) in [6, 6.07) is 21.8. The highest BCUT2D eigenvalue weighted by molar-refractivity contribution is 8.18. The van der Waals surface area contributed by atoms with Crippen molar-refractivity contribution in [2.45, 2.75) is 12.8 Å². The molecular weight excluding hydrogens is 518 g/mol. The van der Waals surface area contributed by atoms with Gasteiger partial charge in [0.1, 0.15) is 11.4 Å². The van der Waals surface area contributed by atoms with E-state index in [-0.39, 0.29) is 42.1 Å². The first kappa shape index (κ1) is 27.2. The van der Waals surface area contributed by atoms with Crippen LogP contribution in [-0.2, 0) is 9.59 Å². The Morgan fingerprint density at radius 1 is 0.949 bits per heavy atom. The Kier molecular flexibility index (Phi) is 9.15. The lowest BCUT2D eigenvalue weighted by molar-refractivity contribution is -0.135. The van der Waals surface area contributed by atoms with Crippen LogP contribution in [-0.4, -0.2) is 39.6 Å². The van der Waals surface area contributed by atoms with Gasteiger partial charge in [-0.2, -0.15) is 0 Å². The molecule has 0 atom stereocenters. The number of azo groups is 1. The van der Waals surface area contributed by atoms with Crippen molar-refractivity contribution in [1.82, 2.24) is 4.90 Å². The maximum Gasteiger partial charge on any atom is 0.311 e. The number of phenolic OH excluding ortho intramolecular Hbond substituents is 1. The molecule has 1 fully saturated rings. The molecule has 196 valence electrons. The average molecular weight is 542 g/mol. The van der Waals surface area contributed by atoms with Crippen LogP contribution in [0.4, 0.5) is 10.5 Å². The minimum absolute atomic E-state index is 0.00915. The van der Waals surface area contributed by atoms with Crippen LogP contribution in [0.3, 0.4) is 0 Å². The van der Waals surface area contributed by atoms with Gasteiger partial charge >= 0.3 is 5.97 Å². The summed E-state index contributed by atoms with van der Waals surface area (Å²) < 4.78 is 5.37. The highest BCUT2D eigenvalue weighted by atomic mass is 32.2. The van der Waals surface area contributed by atoms with Crippen molar-refractivity contribution >= 4 is 46.5 Å². The van der Waals surface area contributed by atoms with E-state index in [1.807, 2.05) is 36.4 Å². The number of aromatic hydroxyl groups is 1. The molecule has 1 heterocycles. The lowest BCUT2D eigenvalue weighted by Gasteiger charge is -2.12. The third-order valence-electron chi connectivity index (χ3n) is 5.44. The van der Waals surface area contributed by atoms with E-state index in [9.17, 15) is 24.3 Å². The van der Waals surface area contributed by atoms with Crippen LogP contribution >= 0.6 is 11.8 Å². The fourth-order valence-electron chi connectivity index (χ4n) is 3.51. The van der Waals surface area contributed by atoms with Crippen molar-refractivity contribution in [3.63, 3.8) is 0 Å². The molecule has 0 bridgehead atoms. The zero-order chi connectivity index (χ0) is 27.6. The number of phenols is 1. The minimum Gasteiger partial charge on any atom is -0.507 e. The van der Waals surface area contributed by atoms with Gasteiger partial charge < -0.3 is 9.84 Å². The Morgan fingerprint density at radius 2 is 1.67 bits per heavy atom. The van der Waals surface area contributed by atoms with Crippen LogP contribution in [0, 0.1) is 0 Å². The molecule has 0 unspecified atom stereocenters. The first-order valence-corrected chi connectivity index (χ1v) is 12.7. The van der Waals surface area contributed by atoms with Crippen LogP contribution in [0.2, 0.25) is 0 Å². The third-order valence-corrected chi connectivity index (χ3v) is 6.37. The van der Waals surface area contributed by atoms with Crippen molar-refractivity contribution in [1.29, 1.82) is 0 Å². The quantitative estimate of drug-likeness (QED) is 0.146. The van der Waals surface area contributed by atoms with Crippen LogP contribution in [0.25, 0.3) is 6.08 Å². The fraction of sp³-hybridized carbons (Fsp3) is 0.103. The minimum atomic E-state index is -0.754. The van der Waals surface area contributed by atoms with Crippen LogP contribution < -0.4 is 4.74 Å². The molecule has 1 saturated heterocycles. The van der Waals surface area contributed by atoms with Crippen molar-refractivity contribution in [3.8, 4) is 11.5 Å². The summed E-state index contributed by atoms with van der Waals surface area (Å²) in [5, 5.41) is 16.9. The molecule has 1 N–H and O–H groups in total. The topological polar surface area (TPSA) is 126 Å². The lowest BCUT2D eigenvalue weighted by atomic mass is 10.2. The maximum absolute atomic E-state index is 12.6. The summed E-state index contributed by atoms with van der Waals surface area (Å²) in [6.45, 7) is 0.0654. The van der Waals surface area contributed by atoms with Crippen LogP contribution in [0.5, 0.6) is 11.5 Å². The maximum atomic E-state index is 12.6. The number of esters is 1. The molecule has 0 saturated carbocycles. The van der Waals surface area contributed by atoms with Gasteiger partial charge in [-0.3, -0.25) is 24.1 Å². The second-order valence-corrected chi connectivity index (χ2v) is 9.19. The average Bonchev–Trinajstić information content (AvgIpc) is 3.21. The molecule has 3 aromatic carbocycles. The number of rotatable bonds is 9. The van der Waals surface area contributed by atoms with Crippen molar-refractivity contribution in [2.75, 3.05) is 6.54 Å². The molecule has 0 radical (unpaired) electrons. The van der Waals surface area contributed by atoms with Gasteiger partial charge in [0.2, 0.25) is 0 Å². The number of hydrogen-bond donors (Lipinski definition) is 1. The van der Waals surface area contributed by atoms with Gasteiger partial charge in [-0.05, 0) is 54.1 Å². The largest absolute Gasteiger partial charge is 0.507 e. The molecule has 9 nitrogen and oxygen atoms in total. The van der Waals surface area contributed by atoms with E-state index in [1.165, 1.54) is 24.3 Å². The van der Waals surface area contributed by atoms with Gasteiger partial charge in [-0.1, -0.05) is 66.7 Å². The van der Waals surface area contributed by atoms with Gasteiger partial charge in [0.05, 0.1) is 10.5 Å². The standard InChI is InChI=1S/C29H23N3O6S/c33-23-15-6-4-13-21(23)27(35)31-30-22-14-5-7-16-24(22)38-26(34)18-9-19-32-28(36)25(39-29(32)37)17-8-12-20-10-2-1-3-11-20/h1-8,10-17,33H,9,18-19H2/b12-8+,25-17-,31-30?. The van der Waals surface area contributed by atoms with E-state index in [1.54, 1.807) is 36.4 Å². The Morgan fingerprint density at radius 3 is 2.46 bits per heavy atom. The smallest absolute Gasteiger partial charge is 0.311 e. The van der Waals surface area contributed by atoms with Crippen molar-refractivity contribution in [2.24, 2.45) is 10.2 Å². The molecule has 39 heavy (non-hydrogen) atoms. The van der Waals surface area contributed by atoms with Gasteiger partial charge in [-0.25, -0.2) is 0 Å². The SMILES string of the molecule is O=C(CCCN1C(=O)S/C(=C\C=C\c2ccccc2)C1=O)Oc1ccccc1N=NC(=O)c1ccccc1O. The van der Waals surface area contributed by atoms with Gasteiger partial charge in [-0.15, -0.1) is 10.2 Å². The Bertz CT molecular complexity index is 1480. The second kappa shape index (κ2) is 13.1. The van der Waals surface area contributed by atoms with Crippen molar-refractivity contribution in [3.05, 3.63) is 107 Å². The number of carbonyl (C=O) groups is 4. The summed E-state index contributed by atoms with van der Waals surface area (Å²) in [6.07, 6.45) is 5.30. The normalized spacial score (nSPS) is 14.6. The van der Waals surface area contributed by atoms with Gasteiger partial charge in [0.25, 0.3) is 17.1 Å². The molecule has 4 rings (SSSR count). The number of amides is 3. The highest BCUT2D eigenvalue weighted by Crippen LogP contribution is 2.31. The number of allylic oxidation sites excluding steroid dienone is 2. The van der Waals surface area contributed by atoms with Gasteiger partial charge in [0.15, 0.2) is 5.75 Å². The van der Waals surface area contributed by atoms with E-state index in [2.05, 4.69) is 10.2 Å². The zero-order valence-corrected chi connectivity index (χ0v) is 21.4. The summed E-state index contributed by atoms with van der Waals surface area (Å²) in [5.74, 6) is -1.89. The van der Waals surface area contributed by atoms with E-state index in [0.29, 0.717) is 4.91 Å². The molecule has 0 aromatic heterocycles. The lowest BCUT2D eigenvalue weighted by Crippen LogP contribution is -2.29. The van der Waals surface area contributed by atoms with E-state index >= 15 is 0 Å². The fourth-order valence-corrected chi connectivity index (χ4v) is 4.32. The van der Waals surface area contributed by atoms with Crippen molar-refractivity contribution < 1.29 is 29.0 Å². The number of thioether (sulfide) groups is 1. The summed E-state index contributed by atoms with van der Waals surface area (Å²) in [4.78, 5) is 51.0. The highest BCUT2D eigenvalue weighted by Gasteiger charge is 2.34. The molecule has 3 aromatic rings. The van der Waals surface area contributed by atoms with Crippen LogP contribution in [0.15, 0.2) is 106 Å². The first-order chi connectivity index (χ1) is 18.9. The van der Waals surface area contributed by atoms with Gasteiger partial charge in [0, 0.05) is 13.0 Å². The predicted octanol–water partition coefficient (Wildman–Crippen LogP) is 6.29. The second-order valence-electron chi connectivity index (χ2n) is 8.19. The molecule has 1 aliphatic heterocycles. The summed E-state index contributed by atoms with van der Waals surface area (Å²) in [5.41, 5.74) is 1.11. The number of nitrogens with zero attached hydrogens (tertiary/aromatic N) is 3. The van der Waals surface area contributed by atoms with E-state index < -0.39 is 23.0 Å². The molecule has 1 aliphatic rings. The Hall–Kier alpha value is -4.83. The third kappa shape index (κ3) is 7.36. The predicted molar refractivity (Wildman–Crippen MR) is 147 cm³/mol. The number of carbonyl (C=O) groups excluding carboxylic acids is 4. The number of imide groups is 1. The first-order valence-electron chi connectivity index (χ1n) is 11.9. The number of para-hydroxylation sites is 2. The Labute approximate surface area is 228 Å². The molecule has 0 spiro atoms. The zero-order valence-electron chi connectivity index (χ0n) is 20.6. The summed E-state index contributed by atoms with van der Waals surface area (Å²) >= 11 is 0.852. The van der Waals surface area contributed by atoms with E-state index in [0.717, 1.165) is 22.2 Å². The summed E-state index contributed by atoms with van der Waals surface area (Å²) in [7, 11) is 0. The monoisotopic (exact) mass is 541 g/mol. The number of benzene rings is 3. The van der Waals surface area contributed by atoms with E-state index in [4.69, 9.17) is 4.74 Å². The van der Waals surface area contributed by atoms with Crippen LogP contribution in [0.1, 0.15) is 28.8 Å². The number of hydrogen-bond acceptors (Lipinski definition) is 8. The number of ether oxygens (including phenoxy) is 1. The molecule has 10 heteroatoms. The molecule has 3 amide bonds.